The summed E-state index contributed by atoms with van der Waals surface area (Å²) >= 11 is 3.50. The quantitative estimate of drug-likeness (QED) is 0.366. The Bertz CT molecular complexity index is 622. The largest absolute Gasteiger partial charge is 0.375 e. The van der Waals surface area contributed by atoms with E-state index in [0.29, 0.717) is 12.0 Å². The van der Waals surface area contributed by atoms with Gasteiger partial charge in [0.05, 0.1) is 12.7 Å². The molecule has 1 aromatic rings. The van der Waals surface area contributed by atoms with Gasteiger partial charge in [-0.15, -0.1) is 24.0 Å². The van der Waals surface area contributed by atoms with Crippen molar-refractivity contribution in [3.05, 3.63) is 34.3 Å². The maximum Gasteiger partial charge on any atom is 0.194 e. The minimum Gasteiger partial charge on any atom is -0.375 e. The van der Waals surface area contributed by atoms with Crippen LogP contribution in [0.4, 0.5) is 0 Å². The van der Waals surface area contributed by atoms with Gasteiger partial charge in [-0.1, -0.05) is 28.1 Å². The number of nitrogens with zero attached hydrogens (tertiary/aromatic N) is 2. The summed E-state index contributed by atoms with van der Waals surface area (Å²) in [5.41, 5.74) is 1.40. The van der Waals surface area contributed by atoms with Gasteiger partial charge in [0, 0.05) is 43.2 Å². The van der Waals surface area contributed by atoms with Gasteiger partial charge < -0.3 is 19.7 Å². The van der Waals surface area contributed by atoms with Gasteiger partial charge in [0.2, 0.25) is 0 Å². The van der Waals surface area contributed by atoms with E-state index >= 15 is 0 Å². The zero-order valence-corrected chi connectivity index (χ0v) is 19.0. The Morgan fingerprint density at radius 2 is 1.96 bits per heavy atom. The lowest BCUT2D eigenvalue weighted by Crippen LogP contribution is -2.53. The highest BCUT2D eigenvalue weighted by atomic mass is 127. The maximum atomic E-state index is 5.96. The number of rotatable bonds is 3. The molecule has 2 heterocycles. The third-order valence-corrected chi connectivity index (χ3v) is 5.92. The van der Waals surface area contributed by atoms with Crippen molar-refractivity contribution in [3.63, 3.8) is 0 Å². The summed E-state index contributed by atoms with van der Waals surface area (Å²) in [4.78, 5) is 6.85. The second-order valence-corrected chi connectivity index (χ2v) is 8.01. The number of hydrogen-bond donors (Lipinski definition) is 1. The number of hydrogen-bond acceptors (Lipinski definition) is 3. The molecule has 4 rings (SSSR count). The van der Waals surface area contributed by atoms with Crippen molar-refractivity contribution in [1.82, 2.24) is 10.2 Å². The molecular formula is C19H27BrIN3O2. The number of morpholine rings is 1. The summed E-state index contributed by atoms with van der Waals surface area (Å²) in [6.07, 6.45) is 3.83. The smallest absolute Gasteiger partial charge is 0.194 e. The van der Waals surface area contributed by atoms with E-state index in [9.17, 15) is 0 Å². The molecule has 7 heteroatoms. The van der Waals surface area contributed by atoms with Crippen LogP contribution in [-0.2, 0) is 9.47 Å². The van der Waals surface area contributed by atoms with Crippen molar-refractivity contribution in [2.45, 2.75) is 43.4 Å². The molecule has 1 aliphatic carbocycles. The first kappa shape index (κ1) is 20.4. The lowest BCUT2D eigenvalue weighted by atomic mass is 10.1. The Morgan fingerprint density at radius 1 is 1.19 bits per heavy atom. The molecule has 2 saturated heterocycles. The Hall–Kier alpha value is -0.380. The standard InChI is InChI=1S/C19H26BrN3O2.HI/c1-21-19(22-16-11-15(16)13-4-6-14(20)7-5-13)23-8-10-25-18(12-23)17-3-2-9-24-17;/h4-7,15-18H,2-3,8-12H2,1H3,(H,21,22);1H. The van der Waals surface area contributed by atoms with Gasteiger partial charge in [-0.05, 0) is 37.0 Å². The van der Waals surface area contributed by atoms with E-state index in [2.05, 4.69) is 55.4 Å². The van der Waals surface area contributed by atoms with E-state index in [4.69, 9.17) is 9.47 Å². The van der Waals surface area contributed by atoms with Crippen LogP contribution in [0.15, 0.2) is 33.7 Å². The lowest BCUT2D eigenvalue weighted by molar-refractivity contribution is -0.0817. The van der Waals surface area contributed by atoms with Gasteiger partial charge >= 0.3 is 0 Å². The average molecular weight is 536 g/mol. The fourth-order valence-corrected chi connectivity index (χ4v) is 4.15. The van der Waals surface area contributed by atoms with Crippen LogP contribution < -0.4 is 5.32 Å². The van der Waals surface area contributed by atoms with E-state index in [1.54, 1.807) is 0 Å². The molecule has 3 fully saturated rings. The molecule has 0 radical (unpaired) electrons. The van der Waals surface area contributed by atoms with Crippen LogP contribution in [0.1, 0.15) is 30.7 Å². The Balaban J connectivity index is 0.00000196. The zero-order chi connectivity index (χ0) is 17.2. The molecule has 3 aliphatic rings. The SMILES string of the molecule is CN=C(NC1CC1c1ccc(Br)cc1)N1CCOC(C2CCCO2)C1.I. The number of nitrogens with one attached hydrogen (secondary N) is 1. The molecule has 4 atom stereocenters. The summed E-state index contributed by atoms with van der Waals surface area (Å²) in [7, 11) is 1.87. The highest BCUT2D eigenvalue weighted by Crippen LogP contribution is 2.41. The normalized spacial score (nSPS) is 31.5. The number of ether oxygens (including phenoxy) is 2. The van der Waals surface area contributed by atoms with Gasteiger partial charge in [0.1, 0.15) is 6.10 Å². The van der Waals surface area contributed by atoms with Gasteiger partial charge in [0.15, 0.2) is 5.96 Å². The molecule has 1 saturated carbocycles. The number of guanidine groups is 1. The lowest BCUT2D eigenvalue weighted by Gasteiger charge is -2.37. The summed E-state index contributed by atoms with van der Waals surface area (Å²) < 4.78 is 12.9. The molecule has 1 N–H and O–H groups in total. The van der Waals surface area contributed by atoms with Crippen LogP contribution in [0, 0.1) is 0 Å². The van der Waals surface area contributed by atoms with Crippen LogP contribution >= 0.6 is 39.9 Å². The summed E-state index contributed by atoms with van der Waals surface area (Å²) in [5, 5.41) is 3.65. The summed E-state index contributed by atoms with van der Waals surface area (Å²) in [6, 6.07) is 9.13. The van der Waals surface area contributed by atoms with Gasteiger partial charge in [-0.25, -0.2) is 0 Å². The summed E-state index contributed by atoms with van der Waals surface area (Å²) in [5.74, 6) is 1.58. The van der Waals surface area contributed by atoms with Crippen LogP contribution in [0.25, 0.3) is 0 Å². The Morgan fingerprint density at radius 3 is 2.65 bits per heavy atom. The molecule has 144 valence electrons. The maximum absolute atomic E-state index is 5.96. The van der Waals surface area contributed by atoms with Crippen molar-refractivity contribution >= 4 is 45.9 Å². The molecule has 0 amide bonds. The minimum absolute atomic E-state index is 0. The van der Waals surface area contributed by atoms with Gasteiger partial charge in [-0.3, -0.25) is 4.99 Å². The van der Waals surface area contributed by atoms with Crippen LogP contribution in [0.3, 0.4) is 0 Å². The van der Waals surface area contributed by atoms with Crippen molar-refractivity contribution in [1.29, 1.82) is 0 Å². The molecule has 0 spiro atoms. The molecule has 0 bridgehead atoms. The first-order valence-electron chi connectivity index (χ1n) is 9.21. The first-order chi connectivity index (χ1) is 12.2. The highest BCUT2D eigenvalue weighted by Gasteiger charge is 2.40. The third-order valence-electron chi connectivity index (χ3n) is 5.39. The fourth-order valence-electron chi connectivity index (χ4n) is 3.88. The van der Waals surface area contributed by atoms with E-state index in [1.807, 2.05) is 7.05 Å². The summed E-state index contributed by atoms with van der Waals surface area (Å²) in [6.45, 7) is 3.36. The van der Waals surface area contributed by atoms with Crippen molar-refractivity contribution in [3.8, 4) is 0 Å². The third kappa shape index (κ3) is 4.72. The van der Waals surface area contributed by atoms with E-state index < -0.39 is 0 Å². The number of aliphatic imine (C=N–C) groups is 1. The monoisotopic (exact) mass is 535 g/mol. The molecule has 1 aromatic carbocycles. The topological polar surface area (TPSA) is 46.1 Å². The first-order valence-corrected chi connectivity index (χ1v) is 10.0. The second kappa shape index (κ2) is 9.21. The Labute approximate surface area is 181 Å². The molecule has 5 nitrogen and oxygen atoms in total. The van der Waals surface area contributed by atoms with Crippen molar-refractivity contribution in [2.75, 3.05) is 33.4 Å². The van der Waals surface area contributed by atoms with E-state index in [0.717, 1.165) is 49.6 Å². The van der Waals surface area contributed by atoms with Crippen molar-refractivity contribution < 1.29 is 9.47 Å². The van der Waals surface area contributed by atoms with E-state index in [-0.39, 0.29) is 36.2 Å². The van der Waals surface area contributed by atoms with Crippen LogP contribution in [0.5, 0.6) is 0 Å². The molecule has 26 heavy (non-hydrogen) atoms. The molecule has 2 aliphatic heterocycles. The van der Waals surface area contributed by atoms with E-state index in [1.165, 1.54) is 12.0 Å². The van der Waals surface area contributed by atoms with Crippen molar-refractivity contribution in [2.24, 2.45) is 4.99 Å². The second-order valence-electron chi connectivity index (χ2n) is 7.10. The fraction of sp³-hybridized carbons (Fsp3) is 0.632. The minimum atomic E-state index is 0. The predicted octanol–water partition coefficient (Wildman–Crippen LogP) is 3.38. The number of halogens is 2. The van der Waals surface area contributed by atoms with Gasteiger partial charge in [0.25, 0.3) is 0 Å². The highest BCUT2D eigenvalue weighted by molar-refractivity contribution is 14.0. The zero-order valence-electron chi connectivity index (χ0n) is 15.1. The van der Waals surface area contributed by atoms with Gasteiger partial charge in [-0.2, -0.15) is 0 Å². The Kier molecular flexibility index (Phi) is 7.21. The predicted molar refractivity (Wildman–Crippen MR) is 117 cm³/mol. The molecule has 0 aromatic heterocycles. The van der Waals surface area contributed by atoms with Crippen LogP contribution in [0.2, 0.25) is 0 Å². The average Bonchev–Trinajstić information content (AvgIpc) is 3.18. The number of benzene rings is 1. The molecule has 4 unspecified atom stereocenters. The molecular weight excluding hydrogens is 509 g/mol. The van der Waals surface area contributed by atoms with Crippen LogP contribution in [-0.4, -0.2) is 62.5 Å².